The summed E-state index contributed by atoms with van der Waals surface area (Å²) in [5, 5.41) is 8.52. The summed E-state index contributed by atoms with van der Waals surface area (Å²) in [5.74, 6) is 0.870. The molecule has 1 aromatic carbocycles. The third kappa shape index (κ3) is 8.21. The summed E-state index contributed by atoms with van der Waals surface area (Å²) in [6.45, 7) is 4.85. The van der Waals surface area contributed by atoms with Gasteiger partial charge in [-0.05, 0) is 44.0 Å². The van der Waals surface area contributed by atoms with Crippen LogP contribution in [-0.4, -0.2) is 51.9 Å². The summed E-state index contributed by atoms with van der Waals surface area (Å²) in [7, 11) is 3.45. The quantitative estimate of drug-likeness (QED) is 0.279. The highest BCUT2D eigenvalue weighted by Crippen LogP contribution is 2.26. The molecule has 3 aromatic rings. The van der Waals surface area contributed by atoms with Crippen molar-refractivity contribution in [2.24, 2.45) is 0 Å². The van der Waals surface area contributed by atoms with Gasteiger partial charge in [-0.3, -0.25) is 8.77 Å². The summed E-state index contributed by atoms with van der Waals surface area (Å²) in [5.41, 5.74) is 1.91. The highest BCUT2D eigenvalue weighted by Gasteiger charge is 2.07. The van der Waals surface area contributed by atoms with Gasteiger partial charge in [0, 0.05) is 78.9 Å². The lowest BCUT2D eigenvalue weighted by atomic mass is 10.3. The Balaban J connectivity index is 0.000000173. The van der Waals surface area contributed by atoms with Crippen molar-refractivity contribution in [3.8, 4) is 0 Å². The number of nitrogens with zero attached hydrogens (tertiary/aromatic N) is 4. The maximum Gasteiger partial charge on any atom is 0.209 e. The Morgan fingerprint density at radius 3 is 2.39 bits per heavy atom. The minimum atomic E-state index is 0.661. The summed E-state index contributed by atoms with van der Waals surface area (Å²) in [4.78, 5) is 20.1. The molecule has 0 unspecified atom stereocenters. The Morgan fingerprint density at radius 1 is 1.19 bits per heavy atom. The first-order valence-electron chi connectivity index (χ1n) is 9.70. The van der Waals surface area contributed by atoms with E-state index in [9.17, 15) is 4.79 Å². The van der Waals surface area contributed by atoms with Crippen LogP contribution in [0, 0.1) is 0 Å². The number of anilines is 2. The molecule has 0 saturated carbocycles. The second kappa shape index (κ2) is 13.9. The van der Waals surface area contributed by atoms with Crippen molar-refractivity contribution in [3.05, 3.63) is 46.8 Å². The van der Waals surface area contributed by atoms with Gasteiger partial charge in [-0.1, -0.05) is 23.2 Å². The first-order valence-corrected chi connectivity index (χ1v) is 13.8. The summed E-state index contributed by atoms with van der Waals surface area (Å²) in [6, 6.07) is 7.41. The van der Waals surface area contributed by atoms with E-state index >= 15 is 0 Å². The highest BCUT2D eigenvalue weighted by molar-refractivity contribution is 14.2. The van der Waals surface area contributed by atoms with E-state index in [2.05, 4.69) is 41.8 Å². The Bertz CT molecular complexity index is 948. The Morgan fingerprint density at radius 2 is 1.87 bits per heavy atom. The largest absolute Gasteiger partial charge is 0.385 e. The second-order valence-corrected chi connectivity index (χ2v) is 9.04. The maximum absolute atomic E-state index is 9.93. The lowest BCUT2D eigenvalue weighted by Crippen LogP contribution is -2.15. The standard InChI is InChI=1S/C8H9Cl2N.C7H7IN4S.C5H9NO/c1-2-11-8-4-6(9)3-7(10)5-8;1-9-6-5-2-3-12(13-8)7(5)11-4-10-6;7-5-6-3-1-2-4-6/h3-5,11H,2H2,1H3;2-4H,1H3,(H,9,10,11);5H,1-4H2. The minimum absolute atomic E-state index is 0.661. The molecule has 1 aliphatic heterocycles. The number of halogens is 3. The first kappa shape index (κ1) is 25.8. The van der Waals surface area contributed by atoms with Crippen LogP contribution in [0.3, 0.4) is 0 Å². The molecular formula is C20H25Cl2IN6OS. The molecular weight excluding hydrogens is 570 g/mol. The number of hydrogen-bond acceptors (Lipinski definition) is 6. The number of benzene rings is 1. The second-order valence-electron chi connectivity index (χ2n) is 6.46. The molecule has 1 saturated heterocycles. The van der Waals surface area contributed by atoms with E-state index in [1.165, 1.54) is 12.8 Å². The number of aromatic nitrogens is 3. The van der Waals surface area contributed by atoms with Crippen molar-refractivity contribution in [1.29, 1.82) is 0 Å². The monoisotopic (exact) mass is 594 g/mol. The molecule has 0 radical (unpaired) electrons. The van der Waals surface area contributed by atoms with Gasteiger partial charge in [-0.15, -0.1) is 0 Å². The van der Waals surface area contributed by atoms with Gasteiger partial charge in [-0.25, -0.2) is 9.97 Å². The van der Waals surface area contributed by atoms with Crippen LogP contribution in [0.2, 0.25) is 10.0 Å². The fraction of sp³-hybridized carbons (Fsp3) is 0.350. The van der Waals surface area contributed by atoms with E-state index < -0.39 is 0 Å². The molecule has 1 amide bonds. The molecule has 2 N–H and O–H groups in total. The Kier molecular flexibility index (Phi) is 11.6. The highest BCUT2D eigenvalue weighted by atomic mass is 127. The third-order valence-electron chi connectivity index (χ3n) is 4.29. The third-order valence-corrected chi connectivity index (χ3v) is 6.45. The van der Waals surface area contributed by atoms with Crippen LogP contribution < -0.4 is 10.6 Å². The van der Waals surface area contributed by atoms with Crippen LogP contribution >= 0.6 is 53.5 Å². The molecule has 1 fully saturated rings. The maximum atomic E-state index is 9.93. The van der Waals surface area contributed by atoms with Gasteiger partial charge in [-0.2, -0.15) is 0 Å². The predicted molar refractivity (Wildman–Crippen MR) is 142 cm³/mol. The van der Waals surface area contributed by atoms with Gasteiger partial charge in [0.1, 0.15) is 12.1 Å². The van der Waals surface area contributed by atoms with Gasteiger partial charge in [0.15, 0.2) is 5.65 Å². The van der Waals surface area contributed by atoms with Gasteiger partial charge >= 0.3 is 0 Å². The molecule has 7 nitrogen and oxygen atoms in total. The van der Waals surface area contributed by atoms with Crippen LogP contribution in [0.25, 0.3) is 11.0 Å². The van der Waals surface area contributed by atoms with Crippen molar-refractivity contribution in [3.63, 3.8) is 0 Å². The van der Waals surface area contributed by atoms with Crippen LogP contribution in [-0.2, 0) is 4.79 Å². The van der Waals surface area contributed by atoms with Crippen LogP contribution in [0.4, 0.5) is 11.5 Å². The molecule has 1 aliphatic rings. The first-order chi connectivity index (χ1) is 15.0. The Hall–Kier alpha value is -1.43. The molecule has 0 atom stereocenters. The summed E-state index contributed by atoms with van der Waals surface area (Å²) in [6.07, 6.45) is 6.86. The number of likely N-dealkylation sites (tertiary alicyclic amines) is 1. The van der Waals surface area contributed by atoms with Crippen LogP contribution in [0.1, 0.15) is 19.8 Å². The average Bonchev–Trinajstić information content (AvgIpc) is 3.43. The lowest BCUT2D eigenvalue weighted by molar-refractivity contribution is -0.117. The molecule has 0 spiro atoms. The molecule has 0 aliphatic carbocycles. The number of amides is 1. The summed E-state index contributed by atoms with van der Waals surface area (Å²) < 4.78 is 2.00. The van der Waals surface area contributed by atoms with E-state index in [4.69, 9.17) is 23.2 Å². The van der Waals surface area contributed by atoms with Crippen molar-refractivity contribution < 1.29 is 4.79 Å². The predicted octanol–water partition coefficient (Wildman–Crippen LogP) is 5.98. The minimum Gasteiger partial charge on any atom is -0.385 e. The Labute approximate surface area is 209 Å². The van der Waals surface area contributed by atoms with Gasteiger partial charge in [0.05, 0.1) is 5.39 Å². The fourth-order valence-corrected chi connectivity index (χ4v) is 4.69. The smallest absolute Gasteiger partial charge is 0.209 e. The molecule has 4 rings (SSSR count). The number of carbonyl (C=O) groups excluding carboxylic acids is 1. The molecule has 3 heterocycles. The molecule has 0 bridgehead atoms. The van der Waals surface area contributed by atoms with Crippen molar-refractivity contribution >= 4 is 82.5 Å². The normalized spacial score (nSPS) is 12.5. The van der Waals surface area contributed by atoms with E-state index in [1.54, 1.807) is 26.4 Å². The average molecular weight is 595 g/mol. The van der Waals surface area contributed by atoms with E-state index in [1.807, 2.05) is 42.3 Å². The molecule has 168 valence electrons. The number of carbonyl (C=O) groups is 1. The number of fused-ring (bicyclic) bond motifs is 1. The fourth-order valence-electron chi connectivity index (χ4n) is 2.89. The zero-order valence-corrected chi connectivity index (χ0v) is 21.8. The van der Waals surface area contributed by atoms with E-state index in [-0.39, 0.29) is 0 Å². The van der Waals surface area contributed by atoms with E-state index in [0.29, 0.717) is 10.0 Å². The van der Waals surface area contributed by atoms with Gasteiger partial charge in [0.2, 0.25) is 6.41 Å². The number of hydrogen-bond donors (Lipinski definition) is 2. The zero-order chi connectivity index (χ0) is 22.6. The summed E-state index contributed by atoms with van der Waals surface area (Å²) >= 11 is 13.7. The molecule has 2 aromatic heterocycles. The van der Waals surface area contributed by atoms with Crippen molar-refractivity contribution in [2.75, 3.05) is 37.3 Å². The van der Waals surface area contributed by atoms with E-state index in [0.717, 1.165) is 48.6 Å². The molecule has 11 heteroatoms. The zero-order valence-electron chi connectivity index (χ0n) is 17.3. The lowest BCUT2D eigenvalue weighted by Gasteiger charge is -2.03. The van der Waals surface area contributed by atoms with Gasteiger partial charge < -0.3 is 15.5 Å². The van der Waals surface area contributed by atoms with Crippen LogP contribution in [0.15, 0.2) is 36.8 Å². The van der Waals surface area contributed by atoms with Crippen LogP contribution in [0.5, 0.6) is 0 Å². The van der Waals surface area contributed by atoms with Crippen molar-refractivity contribution in [1.82, 2.24) is 18.8 Å². The van der Waals surface area contributed by atoms with Crippen molar-refractivity contribution in [2.45, 2.75) is 19.8 Å². The van der Waals surface area contributed by atoms with Gasteiger partial charge in [0.25, 0.3) is 0 Å². The SMILES string of the molecule is CCNc1cc(Cl)cc(Cl)c1.CNc1ncnc2c1ccn2SI.O=CN1CCCC1. The molecule has 31 heavy (non-hydrogen) atoms. The number of rotatable bonds is 5. The topological polar surface area (TPSA) is 75.1 Å². The number of nitrogens with one attached hydrogen (secondary N) is 2.